The van der Waals surface area contributed by atoms with E-state index in [1.54, 1.807) is 6.20 Å². The Morgan fingerprint density at radius 3 is 2.62 bits per heavy atom. The Hall–Kier alpha value is -1.68. The summed E-state index contributed by atoms with van der Waals surface area (Å²) in [6.07, 6.45) is 1.76. The molecule has 0 unspecified atom stereocenters. The van der Waals surface area contributed by atoms with Crippen LogP contribution in [-0.2, 0) is 0 Å². The molecule has 0 aliphatic rings. The van der Waals surface area contributed by atoms with Crippen molar-refractivity contribution < 1.29 is 0 Å². The van der Waals surface area contributed by atoms with Crippen molar-refractivity contribution in [3.8, 4) is 11.4 Å². The molecule has 78 valence electrons. The Kier molecular flexibility index (Phi) is 2.22. The maximum Gasteiger partial charge on any atom is 0.162 e. The molecule has 0 bridgehead atoms. The van der Waals surface area contributed by atoms with E-state index in [0.717, 1.165) is 21.5 Å². The smallest absolute Gasteiger partial charge is 0.162 e. The molecule has 0 spiro atoms. The molecule has 0 N–H and O–H groups in total. The molecular weight excluding hydrogens is 266 g/mol. The van der Waals surface area contributed by atoms with Crippen LogP contribution in [0.5, 0.6) is 0 Å². The fourth-order valence-corrected chi connectivity index (χ4v) is 2.14. The fourth-order valence-electron chi connectivity index (χ4n) is 1.67. The molecule has 0 radical (unpaired) electrons. The Morgan fingerprint density at radius 1 is 1.00 bits per heavy atom. The molecule has 1 aromatic carbocycles. The van der Waals surface area contributed by atoms with Gasteiger partial charge in [0.1, 0.15) is 4.60 Å². The standard InChI is InChI=1S/C12H8BrN3/c13-11-10-7-4-8-14-16(10)12(15-11)9-5-2-1-3-6-9/h1-8H. The van der Waals surface area contributed by atoms with E-state index in [-0.39, 0.29) is 0 Å². The lowest BCUT2D eigenvalue weighted by Gasteiger charge is -1.98. The van der Waals surface area contributed by atoms with Crippen LogP contribution in [0.2, 0.25) is 0 Å². The Bertz CT molecular complexity index is 631. The zero-order valence-electron chi connectivity index (χ0n) is 8.34. The first-order valence-electron chi connectivity index (χ1n) is 4.91. The van der Waals surface area contributed by atoms with Gasteiger partial charge in [0, 0.05) is 11.8 Å². The highest BCUT2D eigenvalue weighted by Crippen LogP contribution is 2.24. The first kappa shape index (κ1) is 9.54. The lowest BCUT2D eigenvalue weighted by Crippen LogP contribution is -1.92. The minimum absolute atomic E-state index is 0.819. The Labute approximate surface area is 101 Å². The van der Waals surface area contributed by atoms with Gasteiger partial charge in [-0.3, -0.25) is 0 Å². The van der Waals surface area contributed by atoms with Crippen molar-refractivity contribution in [2.45, 2.75) is 0 Å². The largest absolute Gasteiger partial charge is 0.219 e. The van der Waals surface area contributed by atoms with E-state index in [2.05, 4.69) is 26.0 Å². The third kappa shape index (κ3) is 1.42. The third-order valence-electron chi connectivity index (χ3n) is 2.40. The summed E-state index contributed by atoms with van der Waals surface area (Å²) in [7, 11) is 0. The van der Waals surface area contributed by atoms with Gasteiger partial charge in [0.15, 0.2) is 5.82 Å². The van der Waals surface area contributed by atoms with Crippen molar-refractivity contribution in [1.82, 2.24) is 14.6 Å². The van der Waals surface area contributed by atoms with Gasteiger partial charge in [0.2, 0.25) is 0 Å². The van der Waals surface area contributed by atoms with Gasteiger partial charge in [0.25, 0.3) is 0 Å². The molecule has 0 aliphatic heterocycles. The molecule has 2 aromatic heterocycles. The van der Waals surface area contributed by atoms with Crippen LogP contribution < -0.4 is 0 Å². The number of rotatable bonds is 1. The molecule has 4 heteroatoms. The first-order chi connectivity index (χ1) is 7.86. The van der Waals surface area contributed by atoms with Crippen LogP contribution in [0.15, 0.2) is 53.3 Å². The molecule has 0 saturated heterocycles. The molecule has 0 fully saturated rings. The van der Waals surface area contributed by atoms with Gasteiger partial charge in [-0.2, -0.15) is 5.10 Å². The van der Waals surface area contributed by atoms with Crippen molar-refractivity contribution in [2.75, 3.05) is 0 Å². The maximum absolute atomic E-state index is 4.48. The van der Waals surface area contributed by atoms with Crippen molar-refractivity contribution >= 4 is 21.4 Å². The van der Waals surface area contributed by atoms with Gasteiger partial charge in [-0.15, -0.1) is 0 Å². The lowest BCUT2D eigenvalue weighted by molar-refractivity contribution is 0.936. The Balaban J connectivity index is 2.33. The summed E-state index contributed by atoms with van der Waals surface area (Å²) in [6, 6.07) is 13.9. The highest BCUT2D eigenvalue weighted by atomic mass is 79.9. The molecule has 0 saturated carbocycles. The van der Waals surface area contributed by atoms with Crippen LogP contribution >= 0.6 is 15.9 Å². The zero-order chi connectivity index (χ0) is 11.0. The van der Waals surface area contributed by atoms with E-state index in [0.29, 0.717) is 0 Å². The topological polar surface area (TPSA) is 30.2 Å². The average molecular weight is 274 g/mol. The minimum atomic E-state index is 0.819. The minimum Gasteiger partial charge on any atom is -0.219 e. The summed E-state index contributed by atoms with van der Waals surface area (Å²) in [5, 5.41) is 4.30. The van der Waals surface area contributed by atoms with Gasteiger partial charge in [-0.1, -0.05) is 30.3 Å². The normalized spacial score (nSPS) is 10.8. The number of hydrogen-bond donors (Lipinski definition) is 0. The van der Waals surface area contributed by atoms with Crippen LogP contribution in [0.25, 0.3) is 16.9 Å². The maximum atomic E-state index is 4.48. The van der Waals surface area contributed by atoms with Gasteiger partial charge in [0.05, 0.1) is 5.52 Å². The fraction of sp³-hybridized carbons (Fsp3) is 0. The van der Waals surface area contributed by atoms with Crippen molar-refractivity contribution in [1.29, 1.82) is 0 Å². The quantitative estimate of drug-likeness (QED) is 0.682. The van der Waals surface area contributed by atoms with Crippen LogP contribution in [0, 0.1) is 0 Å². The van der Waals surface area contributed by atoms with E-state index in [1.807, 2.05) is 47.0 Å². The molecule has 0 amide bonds. The van der Waals surface area contributed by atoms with E-state index in [1.165, 1.54) is 0 Å². The Morgan fingerprint density at radius 2 is 1.81 bits per heavy atom. The highest BCUT2D eigenvalue weighted by molar-refractivity contribution is 9.10. The molecule has 3 aromatic rings. The summed E-state index contributed by atoms with van der Waals surface area (Å²) in [4.78, 5) is 4.48. The second kappa shape index (κ2) is 3.72. The van der Waals surface area contributed by atoms with Crippen molar-refractivity contribution in [3.05, 3.63) is 53.3 Å². The van der Waals surface area contributed by atoms with Crippen LogP contribution in [0.3, 0.4) is 0 Å². The molecule has 3 nitrogen and oxygen atoms in total. The van der Waals surface area contributed by atoms with E-state index in [9.17, 15) is 0 Å². The van der Waals surface area contributed by atoms with Gasteiger partial charge in [-0.25, -0.2) is 9.50 Å². The van der Waals surface area contributed by atoms with Crippen LogP contribution in [-0.4, -0.2) is 14.6 Å². The predicted molar refractivity (Wildman–Crippen MR) is 66.1 cm³/mol. The summed E-state index contributed by atoms with van der Waals surface area (Å²) in [6.45, 7) is 0. The highest BCUT2D eigenvalue weighted by Gasteiger charge is 2.10. The second-order valence-corrected chi connectivity index (χ2v) is 4.16. The number of benzene rings is 1. The van der Waals surface area contributed by atoms with E-state index < -0.39 is 0 Å². The first-order valence-corrected chi connectivity index (χ1v) is 5.70. The molecule has 2 heterocycles. The summed E-state index contributed by atoms with van der Waals surface area (Å²) in [5.74, 6) is 0.850. The van der Waals surface area contributed by atoms with E-state index >= 15 is 0 Å². The second-order valence-electron chi connectivity index (χ2n) is 3.41. The number of halogens is 1. The lowest BCUT2D eigenvalue weighted by atomic mass is 10.2. The summed E-state index contributed by atoms with van der Waals surface area (Å²) < 4.78 is 2.65. The third-order valence-corrected chi connectivity index (χ3v) is 2.98. The summed E-state index contributed by atoms with van der Waals surface area (Å²) in [5.41, 5.74) is 2.03. The monoisotopic (exact) mass is 273 g/mol. The van der Waals surface area contributed by atoms with Gasteiger partial charge >= 0.3 is 0 Å². The zero-order valence-corrected chi connectivity index (χ0v) is 9.92. The molecule has 16 heavy (non-hydrogen) atoms. The molecule has 0 atom stereocenters. The van der Waals surface area contributed by atoms with Gasteiger partial charge < -0.3 is 0 Å². The predicted octanol–water partition coefficient (Wildman–Crippen LogP) is 3.16. The van der Waals surface area contributed by atoms with Crippen molar-refractivity contribution in [3.63, 3.8) is 0 Å². The SMILES string of the molecule is Brc1nc(-c2ccccc2)n2ncccc12. The van der Waals surface area contributed by atoms with Gasteiger partial charge in [-0.05, 0) is 28.1 Å². The van der Waals surface area contributed by atoms with Crippen LogP contribution in [0.1, 0.15) is 0 Å². The number of nitrogens with zero attached hydrogens (tertiary/aromatic N) is 3. The van der Waals surface area contributed by atoms with E-state index in [4.69, 9.17) is 0 Å². The summed E-state index contributed by atoms with van der Waals surface area (Å²) >= 11 is 3.44. The number of hydrogen-bond acceptors (Lipinski definition) is 2. The molecule has 3 rings (SSSR count). The molecule has 0 aliphatic carbocycles. The number of imidazole rings is 1. The molecular formula is C12H8BrN3. The van der Waals surface area contributed by atoms with Crippen molar-refractivity contribution in [2.24, 2.45) is 0 Å². The average Bonchev–Trinajstić information content (AvgIpc) is 2.69. The number of fused-ring (bicyclic) bond motifs is 1. The van der Waals surface area contributed by atoms with Crippen LogP contribution in [0.4, 0.5) is 0 Å². The number of aromatic nitrogens is 3.